The molecule has 2 rings (SSSR count). The second-order valence-corrected chi connectivity index (χ2v) is 6.79. The van der Waals surface area contributed by atoms with Crippen LogP contribution in [-0.2, 0) is 17.9 Å². The highest BCUT2D eigenvalue weighted by molar-refractivity contribution is 5.81. The van der Waals surface area contributed by atoms with Gasteiger partial charge in [-0.25, -0.2) is 0 Å². The summed E-state index contributed by atoms with van der Waals surface area (Å²) in [4.78, 5) is 16.6. The Hall–Kier alpha value is -1.39. The van der Waals surface area contributed by atoms with Crippen molar-refractivity contribution in [2.75, 3.05) is 26.2 Å². The molecule has 0 unspecified atom stereocenters. The van der Waals surface area contributed by atoms with Gasteiger partial charge in [-0.1, -0.05) is 45.0 Å². The number of aliphatic hydroxyl groups excluding tert-OH is 1. The lowest BCUT2D eigenvalue weighted by molar-refractivity contribution is -0.141. The number of carbonyl (C=O) groups excluding carboxylic acids is 1. The van der Waals surface area contributed by atoms with Gasteiger partial charge in [0.05, 0.1) is 6.61 Å². The predicted octanol–water partition coefficient (Wildman–Crippen LogP) is 1.87. The molecule has 21 heavy (non-hydrogen) atoms. The Kier molecular flexibility index (Phi) is 5.01. The molecule has 1 saturated heterocycles. The molecule has 0 bridgehead atoms. The summed E-state index contributed by atoms with van der Waals surface area (Å²) in [7, 11) is 0. The Labute approximate surface area is 127 Å². The van der Waals surface area contributed by atoms with Crippen molar-refractivity contribution in [2.45, 2.75) is 33.9 Å². The minimum atomic E-state index is -0.289. The molecule has 4 nitrogen and oxygen atoms in total. The lowest BCUT2D eigenvalue weighted by Crippen LogP contribution is -2.51. The fraction of sp³-hybridized carbons (Fsp3) is 0.588. The van der Waals surface area contributed by atoms with Gasteiger partial charge in [-0.2, -0.15) is 0 Å². The van der Waals surface area contributed by atoms with Crippen LogP contribution in [0, 0.1) is 5.41 Å². The van der Waals surface area contributed by atoms with Crippen molar-refractivity contribution in [1.29, 1.82) is 0 Å². The zero-order chi connectivity index (χ0) is 15.5. The second kappa shape index (κ2) is 6.58. The van der Waals surface area contributed by atoms with Crippen molar-refractivity contribution in [2.24, 2.45) is 5.41 Å². The van der Waals surface area contributed by atoms with Gasteiger partial charge in [0.25, 0.3) is 0 Å². The van der Waals surface area contributed by atoms with E-state index in [9.17, 15) is 4.79 Å². The van der Waals surface area contributed by atoms with Gasteiger partial charge in [-0.05, 0) is 11.1 Å². The van der Waals surface area contributed by atoms with Crippen molar-refractivity contribution < 1.29 is 9.90 Å². The van der Waals surface area contributed by atoms with E-state index in [4.69, 9.17) is 5.11 Å². The molecular weight excluding hydrogens is 264 g/mol. The summed E-state index contributed by atoms with van der Waals surface area (Å²) in [5.74, 6) is 0.245. The molecule has 1 heterocycles. The normalized spacial score (nSPS) is 17.0. The molecule has 1 aliphatic heterocycles. The van der Waals surface area contributed by atoms with Crippen LogP contribution in [0.4, 0.5) is 0 Å². The van der Waals surface area contributed by atoms with E-state index in [0.29, 0.717) is 0 Å². The molecule has 116 valence electrons. The third-order valence-corrected chi connectivity index (χ3v) is 3.91. The molecule has 0 atom stereocenters. The van der Waals surface area contributed by atoms with Crippen molar-refractivity contribution in [1.82, 2.24) is 9.80 Å². The van der Waals surface area contributed by atoms with Crippen molar-refractivity contribution in [3.63, 3.8) is 0 Å². The number of nitrogens with zero attached hydrogens (tertiary/aromatic N) is 2. The van der Waals surface area contributed by atoms with E-state index in [1.165, 1.54) is 5.56 Å². The molecular formula is C17H26N2O2. The number of hydrogen-bond acceptors (Lipinski definition) is 3. The first-order valence-electron chi connectivity index (χ1n) is 7.60. The second-order valence-electron chi connectivity index (χ2n) is 6.79. The van der Waals surface area contributed by atoms with Crippen LogP contribution in [-0.4, -0.2) is 47.0 Å². The molecule has 4 heteroatoms. The van der Waals surface area contributed by atoms with Crippen molar-refractivity contribution in [3.05, 3.63) is 35.4 Å². The first-order chi connectivity index (χ1) is 9.90. The standard InChI is InChI=1S/C17H26N2O2/c1-17(2,3)16(21)19-10-8-18(9-11-19)12-14-4-6-15(13-20)7-5-14/h4-7,20H,8-13H2,1-3H3. The number of hydrogen-bond donors (Lipinski definition) is 1. The summed E-state index contributed by atoms with van der Waals surface area (Å²) in [6.45, 7) is 10.4. The van der Waals surface area contributed by atoms with Gasteiger partial charge in [0, 0.05) is 38.1 Å². The fourth-order valence-corrected chi connectivity index (χ4v) is 2.59. The third kappa shape index (κ3) is 4.29. The number of piperazine rings is 1. The highest BCUT2D eigenvalue weighted by Gasteiger charge is 2.29. The van der Waals surface area contributed by atoms with Gasteiger partial charge in [-0.3, -0.25) is 9.69 Å². The maximum Gasteiger partial charge on any atom is 0.228 e. The zero-order valence-electron chi connectivity index (χ0n) is 13.3. The Morgan fingerprint density at radius 1 is 1.05 bits per heavy atom. The SMILES string of the molecule is CC(C)(C)C(=O)N1CCN(Cc2ccc(CO)cc2)CC1. The minimum Gasteiger partial charge on any atom is -0.392 e. The first kappa shape index (κ1) is 16.0. The summed E-state index contributed by atoms with van der Waals surface area (Å²) in [6, 6.07) is 8.07. The smallest absolute Gasteiger partial charge is 0.228 e. The zero-order valence-corrected chi connectivity index (χ0v) is 13.3. The van der Waals surface area contributed by atoms with Gasteiger partial charge >= 0.3 is 0 Å². The number of carbonyl (C=O) groups is 1. The summed E-state index contributed by atoms with van der Waals surface area (Å²) >= 11 is 0. The maximum atomic E-state index is 12.2. The van der Waals surface area contributed by atoms with Gasteiger partial charge in [0.1, 0.15) is 0 Å². The van der Waals surface area contributed by atoms with E-state index in [1.807, 2.05) is 37.8 Å². The lowest BCUT2D eigenvalue weighted by atomic mass is 9.94. The van der Waals surface area contributed by atoms with E-state index >= 15 is 0 Å². The number of aliphatic hydroxyl groups is 1. The summed E-state index contributed by atoms with van der Waals surface area (Å²) in [5, 5.41) is 9.05. The Morgan fingerprint density at radius 3 is 2.05 bits per heavy atom. The van der Waals surface area contributed by atoms with Crippen LogP contribution < -0.4 is 0 Å². The quantitative estimate of drug-likeness (QED) is 0.924. The molecule has 1 amide bonds. The highest BCUT2D eigenvalue weighted by Crippen LogP contribution is 2.19. The number of amides is 1. The topological polar surface area (TPSA) is 43.8 Å². The molecule has 1 aromatic rings. The molecule has 0 spiro atoms. The molecule has 1 fully saturated rings. The Balaban J connectivity index is 1.85. The van der Waals surface area contributed by atoms with E-state index in [1.54, 1.807) is 0 Å². The van der Waals surface area contributed by atoms with E-state index in [0.717, 1.165) is 38.3 Å². The maximum absolute atomic E-state index is 12.2. The molecule has 1 aromatic carbocycles. The molecule has 0 saturated carbocycles. The van der Waals surface area contributed by atoms with E-state index in [2.05, 4.69) is 17.0 Å². The Morgan fingerprint density at radius 2 is 1.57 bits per heavy atom. The van der Waals surface area contributed by atoms with Crippen LogP contribution in [0.2, 0.25) is 0 Å². The monoisotopic (exact) mass is 290 g/mol. The minimum absolute atomic E-state index is 0.0911. The molecule has 1 aliphatic rings. The Bertz CT molecular complexity index is 469. The number of rotatable bonds is 3. The fourth-order valence-electron chi connectivity index (χ4n) is 2.59. The molecule has 0 aromatic heterocycles. The first-order valence-corrected chi connectivity index (χ1v) is 7.60. The van der Waals surface area contributed by atoms with E-state index in [-0.39, 0.29) is 17.9 Å². The van der Waals surface area contributed by atoms with Gasteiger partial charge < -0.3 is 10.0 Å². The van der Waals surface area contributed by atoms with Crippen LogP contribution in [0.5, 0.6) is 0 Å². The summed E-state index contributed by atoms with van der Waals surface area (Å²) in [5.41, 5.74) is 1.91. The van der Waals surface area contributed by atoms with Crippen LogP contribution in [0.25, 0.3) is 0 Å². The average Bonchev–Trinajstić information content (AvgIpc) is 2.47. The third-order valence-electron chi connectivity index (χ3n) is 3.91. The lowest BCUT2D eigenvalue weighted by Gasteiger charge is -2.37. The molecule has 1 N–H and O–H groups in total. The van der Waals surface area contributed by atoms with Crippen LogP contribution in [0.1, 0.15) is 31.9 Å². The summed E-state index contributed by atoms with van der Waals surface area (Å²) < 4.78 is 0. The van der Waals surface area contributed by atoms with Crippen LogP contribution in [0.15, 0.2) is 24.3 Å². The predicted molar refractivity (Wildman–Crippen MR) is 83.7 cm³/mol. The van der Waals surface area contributed by atoms with Crippen LogP contribution in [0.3, 0.4) is 0 Å². The summed E-state index contributed by atoms with van der Waals surface area (Å²) in [6.07, 6.45) is 0. The molecule has 0 aliphatic carbocycles. The largest absolute Gasteiger partial charge is 0.392 e. The number of benzene rings is 1. The van der Waals surface area contributed by atoms with E-state index < -0.39 is 0 Å². The van der Waals surface area contributed by atoms with Gasteiger partial charge in [0.15, 0.2) is 0 Å². The van der Waals surface area contributed by atoms with Crippen molar-refractivity contribution in [3.8, 4) is 0 Å². The van der Waals surface area contributed by atoms with Gasteiger partial charge in [0.2, 0.25) is 5.91 Å². The van der Waals surface area contributed by atoms with Crippen molar-refractivity contribution >= 4 is 5.91 Å². The average molecular weight is 290 g/mol. The van der Waals surface area contributed by atoms with Gasteiger partial charge in [-0.15, -0.1) is 0 Å². The van der Waals surface area contributed by atoms with Crippen LogP contribution >= 0.6 is 0 Å². The highest BCUT2D eigenvalue weighted by atomic mass is 16.3. The molecule has 0 radical (unpaired) electrons.